The van der Waals surface area contributed by atoms with Gasteiger partial charge in [-0.15, -0.1) is 0 Å². The fraction of sp³-hybridized carbons (Fsp3) is 0.176. The first-order valence-electron chi connectivity index (χ1n) is 7.35. The van der Waals surface area contributed by atoms with Gasteiger partial charge in [-0.3, -0.25) is 4.79 Å². The Morgan fingerprint density at radius 2 is 1.96 bits per heavy atom. The molecule has 0 aliphatic carbocycles. The molecule has 8 heteroatoms. The first-order chi connectivity index (χ1) is 11.8. The third-order valence-electron chi connectivity index (χ3n) is 3.22. The lowest BCUT2D eigenvalue weighted by atomic mass is 10.2. The number of nitrogens with one attached hydrogen (secondary N) is 1. The summed E-state index contributed by atoms with van der Waals surface area (Å²) in [6, 6.07) is 11.6. The molecular weight excluding hydrogens is 346 g/mol. The predicted molar refractivity (Wildman–Crippen MR) is 90.1 cm³/mol. The second-order valence-corrected chi connectivity index (χ2v) is 7.01. The van der Waals surface area contributed by atoms with Crippen molar-refractivity contribution in [2.75, 3.05) is 0 Å². The van der Waals surface area contributed by atoms with Gasteiger partial charge in [0.1, 0.15) is 22.7 Å². The molecule has 7 nitrogen and oxygen atoms in total. The molecule has 0 unspecified atom stereocenters. The number of hydrogen-bond donors (Lipinski definition) is 2. The van der Waals surface area contributed by atoms with Crippen LogP contribution in [-0.4, -0.2) is 31.8 Å². The second-order valence-electron chi connectivity index (χ2n) is 5.33. The number of sulfonamides is 1. The van der Waals surface area contributed by atoms with Crippen molar-refractivity contribution in [2.45, 2.75) is 24.3 Å². The minimum absolute atomic E-state index is 0.0700. The van der Waals surface area contributed by atoms with Crippen LogP contribution in [0.15, 0.2) is 53.4 Å². The number of benzene rings is 2. The van der Waals surface area contributed by atoms with Crippen molar-refractivity contribution in [3.8, 4) is 11.5 Å². The molecule has 0 aromatic heterocycles. The minimum Gasteiger partial charge on any atom is -0.481 e. The molecule has 0 radical (unpaired) electrons. The molecular formula is C17H17NO6S. The van der Waals surface area contributed by atoms with Gasteiger partial charge in [-0.2, -0.15) is 0 Å². The van der Waals surface area contributed by atoms with Gasteiger partial charge in [0.15, 0.2) is 0 Å². The average molecular weight is 363 g/mol. The molecule has 132 valence electrons. The van der Waals surface area contributed by atoms with Gasteiger partial charge in [0.2, 0.25) is 10.0 Å². The van der Waals surface area contributed by atoms with Crippen LogP contribution in [0.4, 0.5) is 0 Å². The van der Waals surface area contributed by atoms with Gasteiger partial charge in [0.25, 0.3) is 0 Å². The molecule has 25 heavy (non-hydrogen) atoms. The number of aliphatic carboxylic acids is 1. The summed E-state index contributed by atoms with van der Waals surface area (Å²) in [7, 11) is -4.15. The molecule has 2 aromatic carbocycles. The Hall–Kier alpha value is -2.71. The van der Waals surface area contributed by atoms with Crippen LogP contribution < -0.4 is 9.46 Å². The van der Waals surface area contributed by atoms with E-state index in [0.29, 0.717) is 5.75 Å². The third kappa shape index (κ3) is 5.13. The van der Waals surface area contributed by atoms with Crippen molar-refractivity contribution in [3.05, 3.63) is 54.1 Å². The van der Waals surface area contributed by atoms with Crippen LogP contribution in [0.2, 0.25) is 0 Å². The molecule has 0 spiro atoms. The van der Waals surface area contributed by atoms with Gasteiger partial charge in [-0.25, -0.2) is 13.1 Å². The number of aldehydes is 1. The van der Waals surface area contributed by atoms with Crippen molar-refractivity contribution in [1.29, 1.82) is 0 Å². The fourth-order valence-corrected chi connectivity index (χ4v) is 3.43. The van der Waals surface area contributed by atoms with Crippen molar-refractivity contribution < 1.29 is 27.9 Å². The number of aryl methyl sites for hydroxylation is 1. The highest BCUT2D eigenvalue weighted by Gasteiger charge is 2.25. The van der Waals surface area contributed by atoms with Crippen LogP contribution in [-0.2, 0) is 19.6 Å². The fourth-order valence-electron chi connectivity index (χ4n) is 2.13. The molecule has 0 aliphatic heterocycles. The van der Waals surface area contributed by atoms with Crippen molar-refractivity contribution in [3.63, 3.8) is 0 Å². The van der Waals surface area contributed by atoms with E-state index in [1.165, 1.54) is 18.2 Å². The van der Waals surface area contributed by atoms with E-state index < -0.39 is 28.5 Å². The first kappa shape index (κ1) is 18.6. The molecule has 2 rings (SSSR count). The smallest absolute Gasteiger partial charge is 0.305 e. The van der Waals surface area contributed by atoms with Crippen molar-refractivity contribution >= 4 is 22.3 Å². The van der Waals surface area contributed by atoms with Gasteiger partial charge in [0.05, 0.1) is 12.5 Å². The number of carbonyl (C=O) groups excluding carboxylic acids is 1. The van der Waals surface area contributed by atoms with E-state index >= 15 is 0 Å². The number of rotatable bonds is 8. The van der Waals surface area contributed by atoms with E-state index in [9.17, 15) is 18.0 Å². The number of hydrogen-bond acceptors (Lipinski definition) is 5. The maximum Gasteiger partial charge on any atom is 0.305 e. The molecule has 2 aromatic rings. The number of carboxylic acid groups (broad SMARTS) is 1. The summed E-state index contributed by atoms with van der Waals surface area (Å²) >= 11 is 0. The monoisotopic (exact) mass is 363 g/mol. The van der Waals surface area contributed by atoms with Crippen molar-refractivity contribution in [2.24, 2.45) is 0 Å². The van der Waals surface area contributed by atoms with Crippen LogP contribution in [0.1, 0.15) is 12.0 Å². The molecule has 0 bridgehead atoms. The van der Waals surface area contributed by atoms with Crippen LogP contribution in [0.25, 0.3) is 0 Å². The van der Waals surface area contributed by atoms with Gasteiger partial charge in [-0.1, -0.05) is 24.3 Å². The summed E-state index contributed by atoms with van der Waals surface area (Å²) in [6.45, 7) is 1.87. The van der Waals surface area contributed by atoms with Gasteiger partial charge in [0, 0.05) is 0 Å². The lowest BCUT2D eigenvalue weighted by Gasteiger charge is -2.15. The zero-order chi connectivity index (χ0) is 18.4. The summed E-state index contributed by atoms with van der Waals surface area (Å²) < 4.78 is 32.8. The van der Waals surface area contributed by atoms with Crippen LogP contribution >= 0.6 is 0 Å². The van der Waals surface area contributed by atoms with Crippen molar-refractivity contribution in [1.82, 2.24) is 4.72 Å². The summed E-state index contributed by atoms with van der Waals surface area (Å²) in [5.74, 6) is -0.759. The van der Waals surface area contributed by atoms with E-state index in [-0.39, 0.29) is 16.9 Å². The molecule has 2 N–H and O–H groups in total. The molecule has 0 aliphatic rings. The van der Waals surface area contributed by atoms with E-state index in [1.54, 1.807) is 24.3 Å². The van der Waals surface area contributed by atoms with E-state index in [0.717, 1.165) is 5.56 Å². The molecule has 0 saturated carbocycles. The Morgan fingerprint density at radius 3 is 2.60 bits per heavy atom. The van der Waals surface area contributed by atoms with Crippen LogP contribution in [0.5, 0.6) is 11.5 Å². The highest BCUT2D eigenvalue weighted by Crippen LogP contribution is 2.29. The van der Waals surface area contributed by atoms with E-state index in [1.807, 2.05) is 13.0 Å². The number of para-hydroxylation sites is 1. The Bertz CT molecular complexity index is 878. The zero-order valence-corrected chi connectivity index (χ0v) is 14.2. The number of ether oxygens (including phenoxy) is 1. The Labute approximate surface area is 145 Å². The van der Waals surface area contributed by atoms with E-state index in [4.69, 9.17) is 9.84 Å². The second kappa shape index (κ2) is 7.91. The molecule has 0 fully saturated rings. The molecule has 1 atom stereocenters. The largest absolute Gasteiger partial charge is 0.481 e. The number of carbonyl (C=O) groups is 2. The highest BCUT2D eigenvalue weighted by atomic mass is 32.2. The average Bonchev–Trinajstić information content (AvgIpc) is 2.54. The van der Waals surface area contributed by atoms with Gasteiger partial charge < -0.3 is 14.6 Å². The Kier molecular flexibility index (Phi) is 5.89. The maximum atomic E-state index is 12.5. The lowest BCUT2D eigenvalue weighted by molar-refractivity contribution is -0.138. The predicted octanol–water partition coefficient (Wildman–Crippen LogP) is 2.11. The zero-order valence-electron chi connectivity index (χ0n) is 13.4. The maximum absolute atomic E-state index is 12.5. The quantitative estimate of drug-likeness (QED) is 0.695. The van der Waals surface area contributed by atoms with Crippen LogP contribution in [0, 0.1) is 6.92 Å². The standard InChI is InChI=1S/C17H17NO6S/c1-12-5-4-6-14(9-12)24-15-7-2-3-8-16(15)25(22,23)18-13(11-19)10-17(20)21/h2-9,11,13,18H,10H2,1H3,(H,20,21)/t13-/m0/s1. The lowest BCUT2D eigenvalue weighted by Crippen LogP contribution is -2.37. The molecule has 0 amide bonds. The Balaban J connectivity index is 2.32. The van der Waals surface area contributed by atoms with Gasteiger partial charge in [-0.05, 0) is 36.8 Å². The Morgan fingerprint density at radius 1 is 1.24 bits per heavy atom. The van der Waals surface area contributed by atoms with E-state index in [2.05, 4.69) is 4.72 Å². The highest BCUT2D eigenvalue weighted by molar-refractivity contribution is 7.89. The normalized spacial score (nSPS) is 12.4. The van der Waals surface area contributed by atoms with Gasteiger partial charge >= 0.3 is 5.97 Å². The third-order valence-corrected chi connectivity index (χ3v) is 4.75. The number of carboxylic acids is 1. The van der Waals surface area contributed by atoms with Crippen LogP contribution in [0.3, 0.4) is 0 Å². The summed E-state index contributed by atoms with van der Waals surface area (Å²) in [5.41, 5.74) is 0.943. The summed E-state index contributed by atoms with van der Waals surface area (Å²) in [6.07, 6.45) is -0.403. The summed E-state index contributed by atoms with van der Waals surface area (Å²) in [4.78, 5) is 21.5. The minimum atomic E-state index is -4.15. The molecule has 0 saturated heterocycles. The first-order valence-corrected chi connectivity index (χ1v) is 8.83. The SMILES string of the molecule is Cc1cccc(Oc2ccccc2S(=O)(=O)N[C@H](C=O)CC(=O)O)c1. The summed E-state index contributed by atoms with van der Waals surface area (Å²) in [5, 5.41) is 8.74. The topological polar surface area (TPSA) is 110 Å². The molecule has 0 heterocycles.